The predicted octanol–water partition coefficient (Wildman–Crippen LogP) is 2.16. The molecule has 0 N–H and O–H groups in total. The molecule has 0 saturated heterocycles. The van der Waals surface area contributed by atoms with Crippen LogP contribution in [0.3, 0.4) is 0 Å². The van der Waals surface area contributed by atoms with Crippen molar-refractivity contribution in [3.05, 3.63) is 65.2 Å². The maximum atomic E-state index is 11.9. The van der Waals surface area contributed by atoms with Crippen LogP contribution in [-0.4, -0.2) is 13.7 Å². The van der Waals surface area contributed by atoms with Crippen LogP contribution in [0.5, 0.6) is 0 Å². The van der Waals surface area contributed by atoms with Crippen molar-refractivity contribution in [1.29, 1.82) is 0 Å². The van der Waals surface area contributed by atoms with Crippen molar-refractivity contribution in [2.24, 2.45) is 0 Å². The molecule has 0 aliphatic carbocycles. The summed E-state index contributed by atoms with van der Waals surface area (Å²) in [7, 11) is 1.59. The molecule has 1 aliphatic rings. The van der Waals surface area contributed by atoms with Gasteiger partial charge in [0.1, 0.15) is 0 Å². The first-order chi connectivity index (χ1) is 9.25. The second-order valence-electron chi connectivity index (χ2n) is 4.53. The van der Waals surface area contributed by atoms with E-state index in [1.807, 2.05) is 48.5 Å². The van der Waals surface area contributed by atoms with Crippen molar-refractivity contribution in [2.45, 2.75) is 6.54 Å². The summed E-state index contributed by atoms with van der Waals surface area (Å²) in [4.78, 5) is 13.7. The van der Waals surface area contributed by atoms with E-state index in [0.29, 0.717) is 6.54 Å². The SMILES string of the molecule is BC(=O)N1Cc2ccccc2C#Cc2ccccc21. The van der Waals surface area contributed by atoms with Crippen LogP contribution < -0.4 is 4.90 Å². The van der Waals surface area contributed by atoms with Gasteiger partial charge in [-0.25, -0.2) is 0 Å². The van der Waals surface area contributed by atoms with Crippen LogP contribution in [0.1, 0.15) is 16.7 Å². The van der Waals surface area contributed by atoms with E-state index in [9.17, 15) is 4.79 Å². The molecule has 1 heterocycles. The lowest BCUT2D eigenvalue weighted by atomic mass is 10.00. The molecule has 0 fully saturated rings. The minimum absolute atomic E-state index is 0.0333. The number of hydrogen-bond donors (Lipinski definition) is 0. The second kappa shape index (κ2) is 4.66. The fraction of sp³-hybridized carbons (Fsp3) is 0.0625. The molecule has 90 valence electrons. The van der Waals surface area contributed by atoms with Gasteiger partial charge in [0, 0.05) is 11.1 Å². The molecule has 2 nitrogen and oxygen atoms in total. The van der Waals surface area contributed by atoms with E-state index in [1.54, 1.807) is 12.7 Å². The van der Waals surface area contributed by atoms with E-state index in [-0.39, 0.29) is 5.81 Å². The standard InChI is InChI=1S/C16H12BNO/c17-16(19)18-11-14-7-2-1-5-12(14)9-10-13-6-3-4-8-15(13)18/h1-8H,11,17H2. The summed E-state index contributed by atoms with van der Waals surface area (Å²) in [6.07, 6.45) is 0. The number of anilines is 1. The number of amides is 1. The topological polar surface area (TPSA) is 20.3 Å². The van der Waals surface area contributed by atoms with Crippen molar-refractivity contribution >= 4 is 19.3 Å². The Balaban J connectivity index is 2.23. The summed E-state index contributed by atoms with van der Waals surface area (Å²) in [5.74, 6) is 6.39. The zero-order valence-electron chi connectivity index (χ0n) is 10.7. The number of benzene rings is 2. The molecule has 19 heavy (non-hydrogen) atoms. The highest BCUT2D eigenvalue weighted by atomic mass is 16.1. The molecule has 2 aromatic rings. The first kappa shape index (κ1) is 11.6. The molecule has 0 unspecified atom stereocenters. The first-order valence-corrected chi connectivity index (χ1v) is 6.23. The van der Waals surface area contributed by atoms with E-state index in [1.165, 1.54) is 0 Å². The highest BCUT2D eigenvalue weighted by Gasteiger charge is 2.17. The van der Waals surface area contributed by atoms with Crippen LogP contribution in [0.4, 0.5) is 10.5 Å². The molecule has 0 bridgehead atoms. The van der Waals surface area contributed by atoms with Crippen molar-refractivity contribution in [1.82, 2.24) is 0 Å². The molecule has 0 atom stereocenters. The predicted molar refractivity (Wildman–Crippen MR) is 79.0 cm³/mol. The average molecular weight is 245 g/mol. The van der Waals surface area contributed by atoms with Crippen LogP contribution in [-0.2, 0) is 6.54 Å². The van der Waals surface area contributed by atoms with E-state index in [2.05, 4.69) is 11.8 Å². The maximum absolute atomic E-state index is 11.9. The monoisotopic (exact) mass is 245 g/mol. The molecule has 3 heteroatoms. The number of hydrogen-bond acceptors (Lipinski definition) is 1. The first-order valence-electron chi connectivity index (χ1n) is 6.23. The maximum Gasteiger partial charge on any atom is 0.216 e. The molecule has 0 saturated carbocycles. The quantitative estimate of drug-likeness (QED) is 0.514. The van der Waals surface area contributed by atoms with Crippen LogP contribution in [0, 0.1) is 11.8 Å². The summed E-state index contributed by atoms with van der Waals surface area (Å²) in [5, 5.41) is 0. The smallest absolute Gasteiger partial charge is 0.216 e. The van der Waals surface area contributed by atoms with Gasteiger partial charge in [0.25, 0.3) is 0 Å². The lowest BCUT2D eigenvalue weighted by Crippen LogP contribution is -2.30. The van der Waals surface area contributed by atoms with Crippen molar-refractivity contribution < 1.29 is 4.79 Å². The van der Waals surface area contributed by atoms with Gasteiger partial charge in [-0.2, -0.15) is 0 Å². The third kappa shape index (κ3) is 2.13. The summed E-state index contributed by atoms with van der Waals surface area (Å²) < 4.78 is 0. The Morgan fingerprint density at radius 1 is 1.00 bits per heavy atom. The number of carbonyl (C=O) groups excluding carboxylic acids is 1. The molecule has 2 aromatic carbocycles. The Bertz CT molecular complexity index is 712. The van der Waals surface area contributed by atoms with E-state index >= 15 is 0 Å². The number of nitrogens with zero attached hydrogens (tertiary/aromatic N) is 1. The fourth-order valence-electron chi connectivity index (χ4n) is 2.27. The molecule has 3 rings (SSSR count). The molecule has 0 spiro atoms. The summed E-state index contributed by atoms with van der Waals surface area (Å²) in [6.45, 7) is 0.567. The second-order valence-corrected chi connectivity index (χ2v) is 4.53. The molecular formula is C16H12BNO. The van der Waals surface area contributed by atoms with Gasteiger partial charge in [0.05, 0.1) is 12.2 Å². The third-order valence-electron chi connectivity index (χ3n) is 3.25. The van der Waals surface area contributed by atoms with Crippen molar-refractivity contribution in [3.63, 3.8) is 0 Å². The van der Waals surface area contributed by atoms with E-state index in [4.69, 9.17) is 0 Å². The van der Waals surface area contributed by atoms with Gasteiger partial charge in [-0.3, -0.25) is 4.79 Å². The van der Waals surface area contributed by atoms with Crippen LogP contribution in [0.25, 0.3) is 0 Å². The van der Waals surface area contributed by atoms with Gasteiger partial charge < -0.3 is 4.90 Å². The fourth-order valence-corrected chi connectivity index (χ4v) is 2.27. The zero-order chi connectivity index (χ0) is 13.2. The molecule has 0 radical (unpaired) electrons. The van der Waals surface area contributed by atoms with Crippen LogP contribution >= 0.6 is 0 Å². The molecular weight excluding hydrogens is 233 g/mol. The van der Waals surface area contributed by atoms with Gasteiger partial charge in [-0.1, -0.05) is 42.2 Å². The highest BCUT2D eigenvalue weighted by Crippen LogP contribution is 2.24. The summed E-state index contributed by atoms with van der Waals surface area (Å²) in [6, 6.07) is 15.7. The largest absolute Gasteiger partial charge is 0.316 e. The van der Waals surface area contributed by atoms with Crippen LogP contribution in [0.2, 0.25) is 0 Å². The highest BCUT2D eigenvalue weighted by molar-refractivity contribution is 6.60. The summed E-state index contributed by atoms with van der Waals surface area (Å²) in [5.41, 5.74) is 3.85. The molecule has 1 aliphatic heterocycles. The van der Waals surface area contributed by atoms with E-state index in [0.717, 1.165) is 22.4 Å². The van der Waals surface area contributed by atoms with Gasteiger partial charge in [-0.05, 0) is 23.8 Å². The van der Waals surface area contributed by atoms with E-state index < -0.39 is 0 Å². The summed E-state index contributed by atoms with van der Waals surface area (Å²) >= 11 is 0. The number of para-hydroxylation sites is 1. The van der Waals surface area contributed by atoms with Crippen molar-refractivity contribution in [3.8, 4) is 11.8 Å². The van der Waals surface area contributed by atoms with Gasteiger partial charge >= 0.3 is 0 Å². The van der Waals surface area contributed by atoms with Gasteiger partial charge in [-0.15, -0.1) is 0 Å². The number of rotatable bonds is 0. The Hall–Kier alpha value is -2.47. The Morgan fingerprint density at radius 2 is 1.63 bits per heavy atom. The van der Waals surface area contributed by atoms with Gasteiger partial charge in [0.2, 0.25) is 7.85 Å². The van der Waals surface area contributed by atoms with Gasteiger partial charge in [0.15, 0.2) is 5.81 Å². The van der Waals surface area contributed by atoms with Crippen LogP contribution in [0.15, 0.2) is 48.5 Å². The normalized spacial score (nSPS) is 12.3. The Labute approximate surface area is 113 Å². The molecule has 0 aromatic heterocycles. The Kier molecular flexibility index (Phi) is 2.85. The minimum Gasteiger partial charge on any atom is -0.316 e. The minimum atomic E-state index is 0.0333. The number of fused-ring (bicyclic) bond motifs is 2. The zero-order valence-corrected chi connectivity index (χ0v) is 10.7. The van der Waals surface area contributed by atoms with Crippen molar-refractivity contribution in [2.75, 3.05) is 4.90 Å². The number of carbonyl (C=O) groups is 1. The third-order valence-corrected chi connectivity index (χ3v) is 3.25. The Morgan fingerprint density at radius 3 is 2.42 bits per heavy atom. The lowest BCUT2D eigenvalue weighted by molar-refractivity contribution is 0.264. The lowest BCUT2D eigenvalue weighted by Gasteiger charge is -2.25. The average Bonchev–Trinajstić information content (AvgIpc) is 2.41. The molecule has 1 amide bonds.